The summed E-state index contributed by atoms with van der Waals surface area (Å²) in [6.45, 7) is 16.6. The van der Waals surface area contributed by atoms with Crippen molar-refractivity contribution in [3.63, 3.8) is 0 Å². The molecule has 7 rings (SSSR count). The zero-order chi connectivity index (χ0) is 40.6. The number of allylic oxidation sites excluding steroid dienone is 2. The van der Waals surface area contributed by atoms with Crippen molar-refractivity contribution in [1.29, 1.82) is 0 Å². The van der Waals surface area contributed by atoms with Crippen molar-refractivity contribution in [2.24, 2.45) is 10.8 Å². The Kier molecular flexibility index (Phi) is 13.4. The molecule has 0 aliphatic carbocycles. The van der Waals surface area contributed by atoms with E-state index in [0.717, 1.165) is 75.5 Å². The van der Waals surface area contributed by atoms with Crippen LogP contribution in [0.2, 0.25) is 17.3 Å². The number of benzene rings is 4. The van der Waals surface area contributed by atoms with Gasteiger partial charge >= 0.3 is 195 Å². The van der Waals surface area contributed by atoms with E-state index in [4.69, 9.17) is 19.4 Å². The zero-order valence-electron chi connectivity index (χ0n) is 35.4. The fourth-order valence-electron chi connectivity index (χ4n) is 7.99. The molecule has 7 aromatic rings. The second-order valence-corrected chi connectivity index (χ2v) is 27.3. The molecule has 0 fully saturated rings. The summed E-state index contributed by atoms with van der Waals surface area (Å²) in [7, 11) is 0. The molecule has 3 aromatic heterocycles. The number of carbonyl (C=O) groups is 1. The predicted molar refractivity (Wildman–Crippen MR) is 237 cm³/mol. The van der Waals surface area contributed by atoms with Gasteiger partial charge in [-0.2, -0.15) is 0 Å². The summed E-state index contributed by atoms with van der Waals surface area (Å²) in [4.78, 5) is 26.7. The van der Waals surface area contributed by atoms with Crippen LogP contribution in [0.25, 0.3) is 66.3 Å². The third-order valence-electron chi connectivity index (χ3n) is 12.3. The number of carbonyl (C=O) groups excluding carboxylic acids is 1. The molecule has 0 unspecified atom stereocenters. The summed E-state index contributed by atoms with van der Waals surface area (Å²) in [5.74, 6) is 7.66. The van der Waals surface area contributed by atoms with E-state index in [0.29, 0.717) is 5.71 Å². The number of aryl methyl sites for hydroxylation is 2. The van der Waals surface area contributed by atoms with Gasteiger partial charge in [0.05, 0.1) is 0 Å². The zero-order valence-corrected chi connectivity index (χ0v) is 39.8. The number of fused-ring (bicyclic) bond motifs is 6. The molecule has 0 atom stereocenters. The monoisotopic (exact) mass is 1000 g/mol. The van der Waals surface area contributed by atoms with Crippen molar-refractivity contribution in [3.05, 3.63) is 108 Å². The smallest absolute Gasteiger partial charge is 0 e. The molecule has 3 heterocycles. The summed E-state index contributed by atoms with van der Waals surface area (Å²) in [6.07, 6.45) is 6.43. The number of ketones is 1. The Hall–Kier alpha value is -4.17. The maximum Gasteiger partial charge on any atom is 0 e. The largest absolute Gasteiger partial charge is 0 e. The summed E-state index contributed by atoms with van der Waals surface area (Å²) in [5, 5.41) is 15.6. The van der Waals surface area contributed by atoms with Gasteiger partial charge in [0, 0.05) is 42.6 Å². The van der Waals surface area contributed by atoms with E-state index < -0.39 is 13.3 Å². The summed E-state index contributed by atoms with van der Waals surface area (Å²) in [5.41, 5.74) is 8.09. The van der Waals surface area contributed by atoms with E-state index in [-0.39, 0.29) is 42.5 Å². The van der Waals surface area contributed by atoms with Gasteiger partial charge in [-0.3, -0.25) is 4.79 Å². The van der Waals surface area contributed by atoms with E-state index in [1.165, 1.54) is 28.0 Å². The second-order valence-electron chi connectivity index (χ2n) is 16.8. The van der Waals surface area contributed by atoms with Gasteiger partial charge in [-0.05, 0) is 25.7 Å². The Morgan fingerprint density at radius 1 is 0.842 bits per heavy atom. The van der Waals surface area contributed by atoms with Crippen LogP contribution in [0.1, 0.15) is 78.4 Å². The Bertz CT molecular complexity index is 2600. The molecular formula is C49H56GeIrN3O3-. The topological polar surface area (TPSA) is 89.1 Å². The molecule has 0 aliphatic rings. The minimum absolute atomic E-state index is 0. The second kappa shape index (κ2) is 17.4. The number of hydrogen-bond donors (Lipinski definition) is 1. The van der Waals surface area contributed by atoms with Crippen LogP contribution in [0.3, 0.4) is 0 Å². The quantitative estimate of drug-likeness (QED) is 0.0483. The minimum Gasteiger partial charge on any atom is 0 e. The molecule has 0 saturated carbocycles. The number of aliphatic hydroxyl groups is 1. The van der Waals surface area contributed by atoms with Crippen molar-refractivity contribution in [1.82, 2.24) is 15.0 Å². The van der Waals surface area contributed by atoms with Gasteiger partial charge in [-0.25, -0.2) is 0 Å². The molecule has 0 bridgehead atoms. The first-order chi connectivity index (χ1) is 26.6. The number of pyridine rings is 1. The Morgan fingerprint density at radius 2 is 1.49 bits per heavy atom. The van der Waals surface area contributed by atoms with Crippen LogP contribution < -0.4 is 4.40 Å². The third-order valence-corrected chi connectivity index (χ3v) is 17.1. The van der Waals surface area contributed by atoms with E-state index in [1.807, 2.05) is 71.9 Å². The fourth-order valence-corrected chi connectivity index (χ4v) is 13.2. The third kappa shape index (κ3) is 8.39. The Balaban J connectivity index is 0.000000295. The van der Waals surface area contributed by atoms with Gasteiger partial charge in [0.1, 0.15) is 5.76 Å². The van der Waals surface area contributed by atoms with Crippen LogP contribution in [-0.2, 0) is 24.9 Å². The number of aliphatic hydroxyl groups excluding tert-OH is 1. The number of nitrogens with zero attached hydrogens (tertiary/aromatic N) is 3. The number of rotatable bonds is 10. The van der Waals surface area contributed by atoms with E-state index in [1.54, 1.807) is 10.7 Å². The average molecular weight is 1000 g/mol. The Labute approximate surface area is 354 Å². The maximum absolute atomic E-state index is 12.2. The van der Waals surface area contributed by atoms with Crippen molar-refractivity contribution in [3.8, 4) is 22.5 Å². The van der Waals surface area contributed by atoms with Crippen LogP contribution in [-0.4, -0.2) is 39.1 Å². The molecule has 0 aliphatic heterocycles. The normalized spacial score (nSPS) is 12.5. The first-order valence-electron chi connectivity index (χ1n) is 20.0. The van der Waals surface area contributed by atoms with E-state index >= 15 is 0 Å². The molecule has 4 aromatic carbocycles. The van der Waals surface area contributed by atoms with Gasteiger partial charge in [0.25, 0.3) is 0 Å². The molecule has 1 radical (unpaired) electrons. The van der Waals surface area contributed by atoms with Gasteiger partial charge < -0.3 is 5.11 Å². The number of hydrogen-bond acceptors (Lipinski definition) is 6. The predicted octanol–water partition coefficient (Wildman–Crippen LogP) is 13.0. The van der Waals surface area contributed by atoms with Gasteiger partial charge in [0.15, 0.2) is 5.78 Å². The number of furan rings is 1. The molecule has 0 amide bonds. The van der Waals surface area contributed by atoms with E-state index in [9.17, 15) is 9.90 Å². The van der Waals surface area contributed by atoms with Crippen LogP contribution in [0.4, 0.5) is 0 Å². The minimum atomic E-state index is -2.12. The van der Waals surface area contributed by atoms with E-state index in [2.05, 4.69) is 79.6 Å². The van der Waals surface area contributed by atoms with Gasteiger partial charge in [-0.15, -0.1) is 0 Å². The van der Waals surface area contributed by atoms with Crippen molar-refractivity contribution in [2.45, 2.75) is 98.3 Å². The van der Waals surface area contributed by atoms with Gasteiger partial charge in [-0.1, -0.05) is 71.9 Å². The fraction of sp³-hybridized carbons (Fsp3) is 0.347. The molecule has 6 nitrogen and oxygen atoms in total. The first-order valence-corrected chi connectivity index (χ1v) is 27.4. The van der Waals surface area contributed by atoms with Crippen molar-refractivity contribution in [2.75, 3.05) is 0 Å². The SMILES string of the molecule is CCC(C)(CC)C(=O)/C=C(\O)C(C)(CC)CC.Cc1cc2ccc3c(-c4[c-]ccc5c4oc4nc(-c6ccccc6)ccc45)ncnc3c2c(C)[c]1[Ge]([CH3])([CH3])[CH3].[Ir]. The summed E-state index contributed by atoms with van der Waals surface area (Å²) in [6, 6.07) is 28.4. The molecule has 0 spiro atoms. The van der Waals surface area contributed by atoms with Crippen LogP contribution in [0.15, 0.2) is 95.4 Å². The molecule has 8 heteroatoms. The first kappa shape index (κ1) is 43.9. The Morgan fingerprint density at radius 3 is 2.12 bits per heavy atom. The summed E-state index contributed by atoms with van der Waals surface area (Å²) >= 11 is -2.12. The van der Waals surface area contributed by atoms with Crippen molar-refractivity contribution >= 4 is 67.2 Å². The standard InChI is InChI=1S/C34H28GeN3O.C15H28O2.Ir/c1-20-18-23-14-15-26-31(36-19-37-32(26)29(23)21(2)30(20)35(3,4)5)27-13-9-12-24-25-16-17-28(22-10-7-6-8-11-22)38-34(25)39-33(24)27;1-7-14(5,8-2)12(16)11-13(17)15(6,9-3)10-4;/h6-12,14-19H,1-5H3;11,16H,7-10H2,1-6H3;/q-1;;/b;12-11-;. The molecule has 1 N–H and O–H groups in total. The average Bonchev–Trinajstić information content (AvgIpc) is 3.58. The van der Waals surface area contributed by atoms with Crippen LogP contribution >= 0.6 is 0 Å². The van der Waals surface area contributed by atoms with Gasteiger partial charge in [0.2, 0.25) is 0 Å². The molecule has 57 heavy (non-hydrogen) atoms. The molecule has 0 saturated heterocycles. The number of aromatic nitrogens is 3. The molecular weight excluding hydrogens is 943 g/mol. The van der Waals surface area contributed by atoms with Crippen LogP contribution in [0.5, 0.6) is 0 Å². The molecule has 299 valence electrons. The maximum atomic E-state index is 12.2. The summed E-state index contributed by atoms with van der Waals surface area (Å²) < 4.78 is 8.00. The van der Waals surface area contributed by atoms with Crippen molar-refractivity contribution < 1.29 is 34.4 Å². The van der Waals surface area contributed by atoms with Crippen LogP contribution in [0, 0.1) is 30.7 Å².